The smallest absolute Gasteiger partial charge is 0.162 e. The summed E-state index contributed by atoms with van der Waals surface area (Å²) in [6.07, 6.45) is 2.38. The Morgan fingerprint density at radius 1 is 1.06 bits per heavy atom. The van der Waals surface area contributed by atoms with Crippen LogP contribution in [0.5, 0.6) is 0 Å². The fourth-order valence-corrected chi connectivity index (χ4v) is 5.34. The highest BCUT2D eigenvalue weighted by molar-refractivity contribution is 5.68. The third kappa shape index (κ3) is 4.17. The van der Waals surface area contributed by atoms with Gasteiger partial charge in [-0.25, -0.2) is 9.97 Å². The second-order valence-electron chi connectivity index (χ2n) is 10.2. The van der Waals surface area contributed by atoms with Gasteiger partial charge in [-0.05, 0) is 43.7 Å². The number of aliphatic hydroxyl groups is 1. The molecule has 1 fully saturated rings. The standard InChI is InChI=1S/C27H36N6O/c1-17(2)23-14-24(31(5)30-23)32-13-11-22-21(16-32)27(33-12-7-10-20(34)15-33)29-26(28-22)25-18(3)8-6-9-19(25)4/h6,8-9,14,17,20,34H,7,10-13,15-16H2,1-5H3/t20-/m0/s1. The first-order chi connectivity index (χ1) is 16.3. The number of anilines is 2. The van der Waals surface area contributed by atoms with Crippen molar-refractivity contribution in [2.75, 3.05) is 29.4 Å². The van der Waals surface area contributed by atoms with Crippen molar-refractivity contribution in [1.82, 2.24) is 19.7 Å². The maximum absolute atomic E-state index is 10.4. The van der Waals surface area contributed by atoms with E-state index < -0.39 is 0 Å². The van der Waals surface area contributed by atoms with Crippen LogP contribution in [0.15, 0.2) is 24.3 Å². The Morgan fingerprint density at radius 3 is 2.50 bits per heavy atom. The van der Waals surface area contributed by atoms with Crippen molar-refractivity contribution in [3.05, 3.63) is 52.3 Å². The molecule has 7 heteroatoms. The van der Waals surface area contributed by atoms with E-state index in [1.807, 2.05) is 11.7 Å². The van der Waals surface area contributed by atoms with Crippen LogP contribution in [0.3, 0.4) is 0 Å². The van der Waals surface area contributed by atoms with Crippen LogP contribution in [-0.4, -0.2) is 50.6 Å². The van der Waals surface area contributed by atoms with E-state index in [1.54, 1.807) is 0 Å². The molecule has 3 aromatic rings. The number of piperidine rings is 1. The number of β-amino-alcohol motifs (C(OH)–C–C–N with tert-alkyl or cyclic N) is 1. The van der Waals surface area contributed by atoms with Crippen molar-refractivity contribution in [2.45, 2.75) is 65.5 Å². The first kappa shape index (κ1) is 22.8. The molecule has 0 radical (unpaired) electrons. The summed E-state index contributed by atoms with van der Waals surface area (Å²) in [5.41, 5.74) is 6.94. The van der Waals surface area contributed by atoms with Gasteiger partial charge in [0.2, 0.25) is 0 Å². The van der Waals surface area contributed by atoms with Gasteiger partial charge >= 0.3 is 0 Å². The number of nitrogens with zero attached hydrogens (tertiary/aromatic N) is 6. The van der Waals surface area contributed by atoms with Gasteiger partial charge in [0, 0.05) is 56.8 Å². The SMILES string of the molecule is Cc1cccc(C)c1-c1nc2c(c(N3CCC[C@H](O)C3)n1)CN(c1cc(C(C)C)nn1C)CC2. The zero-order valence-electron chi connectivity index (χ0n) is 21.0. The Bertz CT molecular complexity index is 1180. The molecule has 0 unspecified atom stereocenters. The molecule has 0 amide bonds. The monoisotopic (exact) mass is 460 g/mol. The number of aromatic nitrogens is 4. The van der Waals surface area contributed by atoms with Crippen LogP contribution in [0.25, 0.3) is 11.4 Å². The summed E-state index contributed by atoms with van der Waals surface area (Å²) in [7, 11) is 2.03. The summed E-state index contributed by atoms with van der Waals surface area (Å²) in [5.74, 6) is 3.32. The van der Waals surface area contributed by atoms with Crippen molar-refractivity contribution < 1.29 is 5.11 Å². The predicted octanol–water partition coefficient (Wildman–Crippen LogP) is 4.14. The van der Waals surface area contributed by atoms with Crippen molar-refractivity contribution in [2.24, 2.45) is 7.05 Å². The van der Waals surface area contributed by atoms with Crippen LogP contribution >= 0.6 is 0 Å². The minimum absolute atomic E-state index is 0.312. The predicted molar refractivity (Wildman–Crippen MR) is 136 cm³/mol. The van der Waals surface area contributed by atoms with Crippen LogP contribution in [0.1, 0.15) is 60.7 Å². The average Bonchev–Trinajstić information content (AvgIpc) is 3.20. The first-order valence-electron chi connectivity index (χ1n) is 12.5. The molecule has 0 aliphatic carbocycles. The molecule has 0 saturated carbocycles. The highest BCUT2D eigenvalue weighted by Crippen LogP contribution is 2.35. The van der Waals surface area contributed by atoms with E-state index in [1.165, 1.54) is 16.7 Å². The van der Waals surface area contributed by atoms with Gasteiger partial charge in [-0.1, -0.05) is 32.0 Å². The molecule has 5 rings (SSSR count). The fourth-order valence-electron chi connectivity index (χ4n) is 5.34. The quantitative estimate of drug-likeness (QED) is 0.631. The zero-order valence-corrected chi connectivity index (χ0v) is 21.0. The third-order valence-electron chi connectivity index (χ3n) is 7.23. The van der Waals surface area contributed by atoms with Gasteiger partial charge in [-0.15, -0.1) is 0 Å². The largest absolute Gasteiger partial charge is 0.391 e. The molecule has 180 valence electrons. The van der Waals surface area contributed by atoms with Crippen LogP contribution in [-0.2, 0) is 20.0 Å². The van der Waals surface area contributed by atoms with E-state index in [0.717, 1.165) is 73.3 Å². The minimum Gasteiger partial charge on any atom is -0.391 e. The lowest BCUT2D eigenvalue weighted by atomic mass is 9.99. The number of fused-ring (bicyclic) bond motifs is 1. The van der Waals surface area contributed by atoms with Crippen molar-refractivity contribution in [3.8, 4) is 11.4 Å². The summed E-state index contributed by atoms with van der Waals surface area (Å²) in [5, 5.41) is 15.2. The molecular formula is C27H36N6O. The molecule has 1 atom stereocenters. The van der Waals surface area contributed by atoms with Gasteiger partial charge < -0.3 is 14.9 Å². The van der Waals surface area contributed by atoms with Gasteiger partial charge in [0.05, 0.1) is 17.5 Å². The fraction of sp³-hybridized carbons (Fsp3) is 0.519. The highest BCUT2D eigenvalue weighted by Gasteiger charge is 2.29. The molecule has 2 aliphatic heterocycles. The minimum atomic E-state index is -0.312. The van der Waals surface area contributed by atoms with Crippen LogP contribution in [0, 0.1) is 13.8 Å². The number of hydrogen-bond acceptors (Lipinski definition) is 6. The van der Waals surface area contributed by atoms with E-state index in [0.29, 0.717) is 12.5 Å². The van der Waals surface area contributed by atoms with Crippen molar-refractivity contribution in [3.63, 3.8) is 0 Å². The third-order valence-corrected chi connectivity index (χ3v) is 7.23. The number of hydrogen-bond donors (Lipinski definition) is 1. The molecular weight excluding hydrogens is 424 g/mol. The van der Waals surface area contributed by atoms with Gasteiger partial charge in [-0.2, -0.15) is 5.10 Å². The normalized spacial score (nSPS) is 18.5. The lowest BCUT2D eigenvalue weighted by Gasteiger charge is -2.36. The Hall–Kier alpha value is -2.93. The van der Waals surface area contributed by atoms with E-state index >= 15 is 0 Å². The van der Waals surface area contributed by atoms with Crippen molar-refractivity contribution >= 4 is 11.6 Å². The molecule has 0 spiro atoms. The first-order valence-corrected chi connectivity index (χ1v) is 12.5. The molecule has 1 aromatic carbocycles. The summed E-state index contributed by atoms with van der Waals surface area (Å²) >= 11 is 0. The number of aryl methyl sites for hydroxylation is 3. The maximum Gasteiger partial charge on any atom is 0.162 e. The zero-order chi connectivity index (χ0) is 24.0. The Morgan fingerprint density at radius 2 is 1.82 bits per heavy atom. The lowest BCUT2D eigenvalue weighted by Crippen LogP contribution is -2.41. The molecule has 2 aliphatic rings. The Kier molecular flexibility index (Phi) is 6.06. The number of benzene rings is 1. The molecule has 4 heterocycles. The Balaban J connectivity index is 1.59. The van der Waals surface area contributed by atoms with Crippen molar-refractivity contribution in [1.29, 1.82) is 0 Å². The second kappa shape index (κ2) is 9.02. The molecule has 0 bridgehead atoms. The topological polar surface area (TPSA) is 70.3 Å². The average molecular weight is 461 g/mol. The summed E-state index contributed by atoms with van der Waals surface area (Å²) in [6, 6.07) is 8.56. The van der Waals surface area contributed by atoms with E-state index in [4.69, 9.17) is 15.1 Å². The van der Waals surface area contributed by atoms with Crippen LogP contribution in [0.2, 0.25) is 0 Å². The molecule has 1 N–H and O–H groups in total. The maximum atomic E-state index is 10.4. The van der Waals surface area contributed by atoms with Gasteiger partial charge in [0.25, 0.3) is 0 Å². The molecule has 34 heavy (non-hydrogen) atoms. The molecule has 1 saturated heterocycles. The highest BCUT2D eigenvalue weighted by atomic mass is 16.3. The van der Waals surface area contributed by atoms with Crippen LogP contribution < -0.4 is 9.80 Å². The number of rotatable bonds is 4. The lowest BCUT2D eigenvalue weighted by molar-refractivity contribution is 0.153. The second-order valence-corrected chi connectivity index (χ2v) is 10.2. The Labute approximate surface area is 202 Å². The van der Waals surface area contributed by atoms with E-state index in [9.17, 15) is 5.11 Å². The summed E-state index contributed by atoms with van der Waals surface area (Å²) in [6.45, 7) is 11.8. The van der Waals surface area contributed by atoms with E-state index in [-0.39, 0.29) is 6.10 Å². The molecule has 7 nitrogen and oxygen atoms in total. The summed E-state index contributed by atoms with van der Waals surface area (Å²) < 4.78 is 2.00. The van der Waals surface area contributed by atoms with E-state index in [2.05, 4.69) is 61.8 Å². The van der Waals surface area contributed by atoms with Crippen LogP contribution in [0.4, 0.5) is 11.6 Å². The summed E-state index contributed by atoms with van der Waals surface area (Å²) in [4.78, 5) is 15.0. The van der Waals surface area contributed by atoms with Gasteiger partial charge in [0.1, 0.15) is 11.6 Å². The van der Waals surface area contributed by atoms with Gasteiger partial charge in [0.15, 0.2) is 5.82 Å². The molecule has 2 aromatic heterocycles. The number of aliphatic hydroxyl groups excluding tert-OH is 1. The van der Waals surface area contributed by atoms with Gasteiger partial charge in [-0.3, -0.25) is 4.68 Å².